The van der Waals surface area contributed by atoms with E-state index >= 15 is 0 Å². The average Bonchev–Trinajstić information content (AvgIpc) is 2.32. The quantitative estimate of drug-likeness (QED) is 0.882. The zero-order valence-electron chi connectivity index (χ0n) is 8.93. The van der Waals surface area contributed by atoms with Gasteiger partial charge in [0.05, 0.1) is 5.56 Å². The largest absolute Gasteiger partial charge is 0.478 e. The van der Waals surface area contributed by atoms with Gasteiger partial charge in [0, 0.05) is 12.4 Å². The number of carbonyl (C=O) groups is 1. The zero-order valence-corrected chi connectivity index (χ0v) is 8.93. The number of hydrogen-bond donors (Lipinski definition) is 1. The van der Waals surface area contributed by atoms with Gasteiger partial charge in [0.15, 0.2) is 0 Å². The lowest BCUT2D eigenvalue weighted by Crippen LogP contribution is -2.04. The molecule has 0 aliphatic heterocycles. The number of halogens is 1. The maximum absolute atomic E-state index is 13.0. The zero-order chi connectivity index (χ0) is 12.3. The van der Waals surface area contributed by atoms with Crippen molar-refractivity contribution < 1.29 is 14.3 Å². The summed E-state index contributed by atoms with van der Waals surface area (Å²) in [7, 11) is 0. The van der Waals surface area contributed by atoms with E-state index in [-0.39, 0.29) is 5.56 Å². The lowest BCUT2D eigenvalue weighted by molar-refractivity contribution is 0.0695. The molecule has 0 saturated heterocycles. The van der Waals surface area contributed by atoms with E-state index in [0.29, 0.717) is 12.0 Å². The molecule has 0 amide bonds. The van der Waals surface area contributed by atoms with Gasteiger partial charge >= 0.3 is 5.97 Å². The summed E-state index contributed by atoms with van der Waals surface area (Å²) in [6.45, 7) is 0. The molecule has 1 heterocycles. The molecular weight excluding hydrogens is 221 g/mol. The van der Waals surface area contributed by atoms with Crippen molar-refractivity contribution in [3.63, 3.8) is 0 Å². The van der Waals surface area contributed by atoms with E-state index in [9.17, 15) is 9.18 Å². The first-order chi connectivity index (χ1) is 8.16. The van der Waals surface area contributed by atoms with Gasteiger partial charge in [0.25, 0.3) is 0 Å². The summed E-state index contributed by atoms with van der Waals surface area (Å²) < 4.78 is 13.0. The summed E-state index contributed by atoms with van der Waals surface area (Å²) >= 11 is 0. The third-order valence-electron chi connectivity index (χ3n) is 2.42. The van der Waals surface area contributed by atoms with E-state index in [2.05, 4.69) is 4.98 Å². The first-order valence-electron chi connectivity index (χ1n) is 5.07. The molecule has 0 fully saturated rings. The molecule has 3 nitrogen and oxygen atoms in total. The van der Waals surface area contributed by atoms with Crippen LogP contribution in [0, 0.1) is 5.82 Å². The number of hydrogen-bond acceptors (Lipinski definition) is 2. The molecule has 17 heavy (non-hydrogen) atoms. The molecule has 86 valence electrons. The molecule has 1 aromatic carbocycles. The fourth-order valence-electron chi connectivity index (χ4n) is 1.62. The molecule has 2 aromatic rings. The molecule has 0 radical (unpaired) electrons. The van der Waals surface area contributed by atoms with E-state index in [1.807, 2.05) is 6.07 Å². The van der Waals surface area contributed by atoms with Crippen LogP contribution in [0.1, 0.15) is 21.5 Å². The van der Waals surface area contributed by atoms with Crippen LogP contribution in [0.4, 0.5) is 4.39 Å². The third-order valence-corrected chi connectivity index (χ3v) is 2.42. The number of aromatic nitrogens is 1. The van der Waals surface area contributed by atoms with Crippen LogP contribution in [-0.2, 0) is 6.42 Å². The van der Waals surface area contributed by atoms with Gasteiger partial charge in [-0.1, -0.05) is 12.1 Å². The van der Waals surface area contributed by atoms with E-state index in [1.54, 1.807) is 18.5 Å². The van der Waals surface area contributed by atoms with Crippen molar-refractivity contribution in [2.45, 2.75) is 6.42 Å². The predicted molar refractivity (Wildman–Crippen MR) is 60.4 cm³/mol. The third kappa shape index (κ3) is 2.66. The molecule has 0 atom stereocenters. The fraction of sp³-hybridized carbons (Fsp3) is 0.0769. The molecule has 0 bridgehead atoms. The highest BCUT2D eigenvalue weighted by Crippen LogP contribution is 2.15. The first kappa shape index (κ1) is 11.3. The Kier molecular flexibility index (Phi) is 3.14. The molecule has 0 aliphatic carbocycles. The van der Waals surface area contributed by atoms with Crippen LogP contribution in [0.5, 0.6) is 0 Å². The topological polar surface area (TPSA) is 50.2 Å². The monoisotopic (exact) mass is 231 g/mol. The Morgan fingerprint density at radius 2 is 2.18 bits per heavy atom. The number of aromatic carboxylic acids is 1. The normalized spacial score (nSPS) is 10.2. The maximum atomic E-state index is 13.0. The van der Waals surface area contributed by atoms with Crippen LogP contribution >= 0.6 is 0 Å². The second-order valence-electron chi connectivity index (χ2n) is 3.64. The Balaban J connectivity index is 2.36. The minimum Gasteiger partial charge on any atom is -0.478 e. The summed E-state index contributed by atoms with van der Waals surface area (Å²) in [5, 5.41) is 8.99. The number of carboxylic acids is 1. The summed E-state index contributed by atoms with van der Waals surface area (Å²) in [5.41, 5.74) is 1.46. The van der Waals surface area contributed by atoms with Crippen LogP contribution in [0.15, 0.2) is 42.7 Å². The Bertz CT molecular complexity index is 540. The van der Waals surface area contributed by atoms with Gasteiger partial charge in [-0.2, -0.15) is 0 Å². The average molecular weight is 231 g/mol. The van der Waals surface area contributed by atoms with Crippen molar-refractivity contribution in [1.82, 2.24) is 4.98 Å². The molecule has 0 aliphatic rings. The van der Waals surface area contributed by atoms with Gasteiger partial charge in [-0.25, -0.2) is 9.18 Å². The van der Waals surface area contributed by atoms with Gasteiger partial charge in [-0.3, -0.25) is 4.98 Å². The van der Waals surface area contributed by atoms with Crippen molar-refractivity contribution >= 4 is 5.97 Å². The number of carboxylic acid groups (broad SMARTS) is 1. The Hall–Kier alpha value is -2.23. The molecule has 1 aromatic heterocycles. The van der Waals surface area contributed by atoms with E-state index in [0.717, 1.165) is 11.6 Å². The highest BCUT2D eigenvalue weighted by Gasteiger charge is 2.11. The van der Waals surface area contributed by atoms with Crippen molar-refractivity contribution in [1.29, 1.82) is 0 Å². The summed E-state index contributed by atoms with van der Waals surface area (Å²) in [6, 6.07) is 7.42. The van der Waals surface area contributed by atoms with Crippen molar-refractivity contribution in [2.75, 3.05) is 0 Å². The molecule has 0 saturated carbocycles. The summed E-state index contributed by atoms with van der Waals surface area (Å²) in [5.74, 6) is -1.67. The highest BCUT2D eigenvalue weighted by molar-refractivity contribution is 5.89. The standard InChI is InChI=1S/C13H10FNO2/c14-11-4-3-10(12(7-11)13(16)17)6-9-2-1-5-15-8-9/h1-5,7-8H,6H2,(H,16,17). The number of nitrogens with zero attached hydrogens (tertiary/aromatic N) is 1. The molecular formula is C13H10FNO2. The Morgan fingerprint density at radius 1 is 1.35 bits per heavy atom. The van der Waals surface area contributed by atoms with Gasteiger partial charge in [-0.15, -0.1) is 0 Å². The highest BCUT2D eigenvalue weighted by atomic mass is 19.1. The molecule has 1 N–H and O–H groups in total. The summed E-state index contributed by atoms with van der Waals surface area (Å²) in [4.78, 5) is 14.9. The fourth-order valence-corrected chi connectivity index (χ4v) is 1.62. The first-order valence-corrected chi connectivity index (χ1v) is 5.07. The second-order valence-corrected chi connectivity index (χ2v) is 3.64. The van der Waals surface area contributed by atoms with Gasteiger partial charge in [-0.05, 0) is 35.7 Å². The van der Waals surface area contributed by atoms with Crippen LogP contribution in [0.2, 0.25) is 0 Å². The molecule has 0 unspecified atom stereocenters. The lowest BCUT2D eigenvalue weighted by Gasteiger charge is -2.05. The SMILES string of the molecule is O=C(O)c1cc(F)ccc1Cc1cccnc1. The molecule has 4 heteroatoms. The molecule has 2 rings (SSSR count). The second kappa shape index (κ2) is 4.74. The van der Waals surface area contributed by atoms with Crippen LogP contribution in [0.25, 0.3) is 0 Å². The van der Waals surface area contributed by atoms with Crippen LogP contribution in [0.3, 0.4) is 0 Å². The van der Waals surface area contributed by atoms with E-state index in [1.165, 1.54) is 12.1 Å². The van der Waals surface area contributed by atoms with E-state index < -0.39 is 11.8 Å². The predicted octanol–water partition coefficient (Wildman–Crippen LogP) is 2.51. The number of benzene rings is 1. The van der Waals surface area contributed by atoms with Crippen molar-refractivity contribution in [3.8, 4) is 0 Å². The van der Waals surface area contributed by atoms with Gasteiger partial charge in [0.2, 0.25) is 0 Å². The molecule has 0 spiro atoms. The minimum absolute atomic E-state index is 0.00569. The Morgan fingerprint density at radius 3 is 2.82 bits per heavy atom. The van der Waals surface area contributed by atoms with Crippen molar-refractivity contribution in [3.05, 3.63) is 65.2 Å². The van der Waals surface area contributed by atoms with E-state index in [4.69, 9.17) is 5.11 Å². The summed E-state index contributed by atoms with van der Waals surface area (Å²) in [6.07, 6.45) is 3.73. The maximum Gasteiger partial charge on any atom is 0.336 e. The number of rotatable bonds is 3. The van der Waals surface area contributed by atoms with Gasteiger partial charge in [0.1, 0.15) is 5.82 Å². The lowest BCUT2D eigenvalue weighted by atomic mass is 10.0. The van der Waals surface area contributed by atoms with Crippen LogP contribution in [-0.4, -0.2) is 16.1 Å². The number of pyridine rings is 1. The van der Waals surface area contributed by atoms with Gasteiger partial charge < -0.3 is 5.11 Å². The van der Waals surface area contributed by atoms with Crippen LogP contribution < -0.4 is 0 Å². The van der Waals surface area contributed by atoms with Crippen molar-refractivity contribution in [2.24, 2.45) is 0 Å². The smallest absolute Gasteiger partial charge is 0.336 e. The Labute approximate surface area is 97.6 Å². The minimum atomic E-state index is -1.12.